The number of likely N-dealkylation sites (tertiary alicyclic amines) is 2. The van der Waals surface area contributed by atoms with E-state index in [1.165, 1.54) is 6.42 Å². The largest absolute Gasteiger partial charge is 0.337 e. The Balaban J connectivity index is 1.66. The number of nitrogens with zero attached hydrogens (tertiary/aromatic N) is 2. The maximum absolute atomic E-state index is 12.7. The lowest BCUT2D eigenvalue weighted by Gasteiger charge is -2.34. The summed E-state index contributed by atoms with van der Waals surface area (Å²) < 4.78 is 25.0. The Morgan fingerprint density at radius 2 is 1.61 bits per heavy atom. The van der Waals surface area contributed by atoms with Crippen LogP contribution in [0.25, 0.3) is 0 Å². The molecule has 0 radical (unpaired) electrons. The van der Waals surface area contributed by atoms with Gasteiger partial charge in [-0.1, -0.05) is 19.8 Å². The molecular weight excluding hydrogens is 312 g/mol. The first-order valence-corrected chi connectivity index (χ1v) is 11.0. The van der Waals surface area contributed by atoms with Crippen molar-refractivity contribution in [2.45, 2.75) is 75.6 Å². The fourth-order valence-corrected chi connectivity index (χ4v) is 6.60. The number of hydrogen-bond acceptors (Lipinski definition) is 4. The summed E-state index contributed by atoms with van der Waals surface area (Å²) in [5, 5.41) is -0.272. The summed E-state index contributed by atoms with van der Waals surface area (Å²) in [5.41, 5.74) is 0. The van der Waals surface area contributed by atoms with Crippen molar-refractivity contribution >= 4 is 15.7 Å². The second-order valence-corrected chi connectivity index (χ2v) is 9.63. The van der Waals surface area contributed by atoms with E-state index in [4.69, 9.17) is 0 Å². The van der Waals surface area contributed by atoms with Crippen LogP contribution in [0.3, 0.4) is 0 Å². The first-order chi connectivity index (χ1) is 11.0. The van der Waals surface area contributed by atoms with Crippen molar-refractivity contribution in [1.29, 1.82) is 0 Å². The Labute approximate surface area is 140 Å². The van der Waals surface area contributed by atoms with Crippen molar-refractivity contribution < 1.29 is 13.2 Å². The van der Waals surface area contributed by atoms with Gasteiger partial charge in [0.1, 0.15) is 5.75 Å². The zero-order valence-corrected chi connectivity index (χ0v) is 15.1. The number of likely N-dealkylation sites (N-methyl/N-ethyl adjacent to an activating group) is 1. The molecule has 2 saturated heterocycles. The van der Waals surface area contributed by atoms with Crippen LogP contribution in [0.5, 0.6) is 0 Å². The number of amides is 1. The molecule has 0 N–H and O–H groups in total. The Morgan fingerprint density at radius 1 is 0.957 bits per heavy atom. The summed E-state index contributed by atoms with van der Waals surface area (Å²) in [4.78, 5) is 17.1. The summed E-state index contributed by atoms with van der Waals surface area (Å²) in [6.07, 6.45) is 7.81. The second kappa shape index (κ2) is 7.09. The van der Waals surface area contributed by atoms with Crippen molar-refractivity contribution in [1.82, 2.24) is 9.80 Å². The highest BCUT2D eigenvalue weighted by Crippen LogP contribution is 2.31. The minimum absolute atomic E-state index is 0.151. The predicted octanol–water partition coefficient (Wildman–Crippen LogP) is 1.82. The van der Waals surface area contributed by atoms with E-state index < -0.39 is 9.84 Å². The smallest absolute Gasteiger partial charge is 0.238 e. The van der Waals surface area contributed by atoms with E-state index in [0.717, 1.165) is 64.6 Å². The Hall–Kier alpha value is -0.620. The van der Waals surface area contributed by atoms with E-state index in [0.29, 0.717) is 6.04 Å². The van der Waals surface area contributed by atoms with Crippen LogP contribution in [0.4, 0.5) is 0 Å². The van der Waals surface area contributed by atoms with Gasteiger partial charge in [-0.2, -0.15) is 0 Å². The van der Waals surface area contributed by atoms with Gasteiger partial charge in [0.25, 0.3) is 0 Å². The Bertz CT molecular complexity index is 528. The van der Waals surface area contributed by atoms with E-state index in [9.17, 15) is 13.2 Å². The van der Waals surface area contributed by atoms with Crippen LogP contribution >= 0.6 is 0 Å². The zero-order valence-electron chi connectivity index (χ0n) is 14.2. The minimum Gasteiger partial charge on any atom is -0.337 e. The highest BCUT2D eigenvalue weighted by molar-refractivity contribution is 7.92. The molecule has 0 unspecified atom stereocenters. The number of sulfone groups is 1. The Morgan fingerprint density at radius 3 is 2.30 bits per heavy atom. The first kappa shape index (κ1) is 17.2. The molecule has 0 aromatic heterocycles. The monoisotopic (exact) mass is 342 g/mol. The number of hydrogen-bond donors (Lipinski definition) is 0. The van der Waals surface area contributed by atoms with Gasteiger partial charge >= 0.3 is 0 Å². The van der Waals surface area contributed by atoms with Crippen LogP contribution in [0.2, 0.25) is 0 Å². The van der Waals surface area contributed by atoms with Crippen molar-refractivity contribution in [3.05, 3.63) is 0 Å². The SMILES string of the molecule is CCN1CCC[C@@H]1[C@@H]1CCCN1C(=O)CS(=O)(=O)C1CCCC1. The van der Waals surface area contributed by atoms with Gasteiger partial charge in [-0.15, -0.1) is 0 Å². The minimum atomic E-state index is -3.27. The zero-order chi connectivity index (χ0) is 16.4. The molecule has 1 amide bonds. The molecule has 132 valence electrons. The van der Waals surface area contributed by atoms with Gasteiger partial charge in [0, 0.05) is 18.6 Å². The van der Waals surface area contributed by atoms with Crippen LogP contribution in [0.15, 0.2) is 0 Å². The van der Waals surface area contributed by atoms with Gasteiger partial charge < -0.3 is 4.90 Å². The van der Waals surface area contributed by atoms with Gasteiger partial charge in [-0.3, -0.25) is 9.69 Å². The summed E-state index contributed by atoms with van der Waals surface area (Å²) in [5.74, 6) is -0.421. The number of carbonyl (C=O) groups is 1. The van der Waals surface area contributed by atoms with Crippen molar-refractivity contribution in [2.75, 3.05) is 25.4 Å². The molecular formula is C17H30N2O3S. The molecule has 3 fully saturated rings. The predicted molar refractivity (Wildman–Crippen MR) is 91.0 cm³/mol. The van der Waals surface area contributed by atoms with Crippen LogP contribution in [0.1, 0.15) is 58.3 Å². The Kier molecular flexibility index (Phi) is 5.31. The molecule has 0 spiro atoms. The average molecular weight is 343 g/mol. The van der Waals surface area contributed by atoms with Crippen molar-refractivity contribution in [3.8, 4) is 0 Å². The number of carbonyl (C=O) groups excluding carboxylic acids is 1. The topological polar surface area (TPSA) is 57.7 Å². The molecule has 0 bridgehead atoms. The molecule has 0 aromatic carbocycles. The van der Waals surface area contributed by atoms with Gasteiger partial charge in [0.05, 0.1) is 5.25 Å². The van der Waals surface area contributed by atoms with E-state index in [-0.39, 0.29) is 23.0 Å². The van der Waals surface area contributed by atoms with E-state index in [1.807, 2.05) is 4.90 Å². The normalized spacial score (nSPS) is 30.4. The summed E-state index contributed by atoms with van der Waals surface area (Å²) in [6, 6.07) is 0.657. The van der Waals surface area contributed by atoms with Crippen LogP contribution in [-0.2, 0) is 14.6 Å². The van der Waals surface area contributed by atoms with E-state index in [2.05, 4.69) is 11.8 Å². The van der Waals surface area contributed by atoms with Gasteiger partial charge in [0.15, 0.2) is 9.84 Å². The summed E-state index contributed by atoms with van der Waals surface area (Å²) in [7, 11) is -3.27. The molecule has 6 heteroatoms. The highest BCUT2D eigenvalue weighted by Gasteiger charge is 2.41. The summed E-state index contributed by atoms with van der Waals surface area (Å²) in [6.45, 7) is 5.03. The van der Waals surface area contributed by atoms with Gasteiger partial charge in [-0.25, -0.2) is 8.42 Å². The lowest BCUT2D eigenvalue weighted by molar-refractivity contribution is -0.130. The van der Waals surface area contributed by atoms with Gasteiger partial charge in [0.2, 0.25) is 5.91 Å². The fraction of sp³-hybridized carbons (Fsp3) is 0.941. The first-order valence-electron chi connectivity index (χ1n) is 9.28. The standard InChI is InChI=1S/C17H30N2O3S/c1-2-18-11-5-9-15(18)16-10-6-12-19(16)17(20)13-23(21,22)14-7-3-4-8-14/h14-16H,2-13H2,1H3/t15-,16+/m1/s1. The molecule has 2 atom stereocenters. The van der Waals surface area contributed by atoms with Crippen LogP contribution < -0.4 is 0 Å². The molecule has 2 heterocycles. The third kappa shape index (κ3) is 3.58. The lowest BCUT2D eigenvalue weighted by Crippen LogP contribution is -2.50. The van der Waals surface area contributed by atoms with E-state index >= 15 is 0 Å². The molecule has 1 saturated carbocycles. The second-order valence-electron chi connectivity index (χ2n) is 7.35. The molecule has 3 rings (SSSR count). The van der Waals surface area contributed by atoms with Crippen molar-refractivity contribution in [2.24, 2.45) is 0 Å². The fourth-order valence-electron chi connectivity index (χ4n) is 4.80. The third-order valence-electron chi connectivity index (χ3n) is 6.02. The molecule has 5 nitrogen and oxygen atoms in total. The van der Waals surface area contributed by atoms with Gasteiger partial charge in [-0.05, 0) is 51.6 Å². The van der Waals surface area contributed by atoms with Crippen molar-refractivity contribution in [3.63, 3.8) is 0 Å². The van der Waals surface area contributed by atoms with Crippen LogP contribution in [0, 0.1) is 0 Å². The maximum atomic E-state index is 12.7. The van der Waals surface area contributed by atoms with E-state index in [1.54, 1.807) is 0 Å². The highest BCUT2D eigenvalue weighted by atomic mass is 32.2. The third-order valence-corrected chi connectivity index (χ3v) is 8.16. The molecule has 3 aliphatic rings. The molecule has 23 heavy (non-hydrogen) atoms. The molecule has 2 aliphatic heterocycles. The summed E-state index contributed by atoms with van der Waals surface area (Å²) >= 11 is 0. The quantitative estimate of drug-likeness (QED) is 0.765. The average Bonchev–Trinajstić information content (AvgIpc) is 3.25. The number of rotatable bonds is 5. The maximum Gasteiger partial charge on any atom is 0.238 e. The molecule has 0 aromatic rings. The molecule has 1 aliphatic carbocycles. The lowest BCUT2D eigenvalue weighted by atomic mass is 10.0. The van der Waals surface area contributed by atoms with Crippen LogP contribution in [-0.4, -0.2) is 66.8 Å².